The zero-order chi connectivity index (χ0) is 23.9. The zero-order valence-electron chi connectivity index (χ0n) is 19.7. The molecule has 2 aliphatic heterocycles. The molecule has 2 aliphatic rings. The lowest BCUT2D eigenvalue weighted by Crippen LogP contribution is -2.35. The predicted octanol–water partition coefficient (Wildman–Crippen LogP) is 6.83. The van der Waals surface area contributed by atoms with Gasteiger partial charge in [0.15, 0.2) is 11.3 Å². The lowest BCUT2D eigenvalue weighted by molar-refractivity contribution is 0.0597. The van der Waals surface area contributed by atoms with Gasteiger partial charge in [-0.25, -0.2) is 9.69 Å². The van der Waals surface area contributed by atoms with Crippen LogP contribution < -0.4 is 15.2 Å². The first-order valence-electron chi connectivity index (χ1n) is 11.6. The minimum atomic E-state index is -0.635. The average Bonchev–Trinajstić information content (AvgIpc) is 2.81. The van der Waals surface area contributed by atoms with E-state index in [0.717, 1.165) is 47.0 Å². The third-order valence-corrected chi connectivity index (χ3v) is 7.01. The molecule has 176 valence electrons. The van der Waals surface area contributed by atoms with Crippen LogP contribution in [0.2, 0.25) is 0 Å². The van der Waals surface area contributed by atoms with Gasteiger partial charge in [-0.3, -0.25) is 4.79 Å². The standard InChI is InChI=1S/C27H28N2O4S/c1-27(2,3)33-26(31)29-20-11-5-6-13-23(20)34-25-19(10-9-12-21(25)29)22-16-18(30)17-24(32-22)28-14-7-4-8-15-28/h5-6,9-13,16-17H,4,7-8,14-15H2,1-3H3. The number of benzene rings is 2. The topological polar surface area (TPSA) is 63.0 Å². The monoisotopic (exact) mass is 476 g/mol. The average molecular weight is 477 g/mol. The van der Waals surface area contributed by atoms with Crippen LogP contribution in [-0.4, -0.2) is 24.8 Å². The third-order valence-electron chi connectivity index (χ3n) is 5.82. The summed E-state index contributed by atoms with van der Waals surface area (Å²) in [7, 11) is 0. The molecule has 1 saturated heterocycles. The third kappa shape index (κ3) is 4.44. The van der Waals surface area contributed by atoms with Gasteiger partial charge in [-0.2, -0.15) is 0 Å². The number of hydrogen-bond acceptors (Lipinski definition) is 6. The van der Waals surface area contributed by atoms with E-state index in [1.54, 1.807) is 22.7 Å². The van der Waals surface area contributed by atoms with Gasteiger partial charge in [0.1, 0.15) is 11.4 Å². The van der Waals surface area contributed by atoms with E-state index in [0.29, 0.717) is 17.3 Å². The summed E-state index contributed by atoms with van der Waals surface area (Å²) in [5.41, 5.74) is 1.53. The first-order valence-corrected chi connectivity index (χ1v) is 12.5. The molecule has 6 nitrogen and oxygen atoms in total. The molecule has 3 heterocycles. The molecule has 7 heteroatoms. The Morgan fingerprint density at radius 3 is 2.47 bits per heavy atom. The van der Waals surface area contributed by atoms with Crippen LogP contribution in [0.5, 0.6) is 0 Å². The van der Waals surface area contributed by atoms with Crippen molar-refractivity contribution in [2.45, 2.75) is 55.4 Å². The summed E-state index contributed by atoms with van der Waals surface area (Å²) in [6.07, 6.45) is 2.93. The summed E-state index contributed by atoms with van der Waals surface area (Å²) in [5.74, 6) is 1.10. The van der Waals surface area contributed by atoms with Crippen LogP contribution in [0.1, 0.15) is 40.0 Å². The van der Waals surface area contributed by atoms with E-state index in [1.807, 2.05) is 63.2 Å². The molecule has 1 amide bonds. The second kappa shape index (κ2) is 8.87. The first-order chi connectivity index (χ1) is 16.3. The van der Waals surface area contributed by atoms with Crippen molar-refractivity contribution in [3.8, 4) is 11.3 Å². The number of nitrogens with zero attached hydrogens (tertiary/aromatic N) is 2. The summed E-state index contributed by atoms with van der Waals surface area (Å²) in [5, 5.41) is 0. The van der Waals surface area contributed by atoms with Gasteiger partial charge in [0.2, 0.25) is 0 Å². The van der Waals surface area contributed by atoms with Crippen molar-refractivity contribution >= 4 is 35.1 Å². The van der Waals surface area contributed by atoms with E-state index in [1.165, 1.54) is 12.5 Å². The lowest BCUT2D eigenvalue weighted by atomic mass is 10.1. The largest absolute Gasteiger partial charge is 0.443 e. The maximum atomic E-state index is 13.3. The molecule has 1 aromatic heterocycles. The normalized spacial score (nSPS) is 15.5. The van der Waals surface area contributed by atoms with Crippen molar-refractivity contribution in [3.05, 3.63) is 64.8 Å². The number of piperidine rings is 1. The molecule has 3 aromatic rings. The molecule has 34 heavy (non-hydrogen) atoms. The molecule has 5 rings (SSSR count). The summed E-state index contributed by atoms with van der Waals surface area (Å²) < 4.78 is 12.0. The van der Waals surface area contributed by atoms with Crippen molar-refractivity contribution in [1.82, 2.24) is 0 Å². The van der Waals surface area contributed by atoms with Crippen LogP contribution in [0, 0.1) is 0 Å². The quantitative estimate of drug-likeness (QED) is 0.404. The molecule has 2 aromatic carbocycles. The number of carbonyl (C=O) groups is 1. The molecular formula is C27H28N2O4S. The molecule has 1 fully saturated rings. The van der Waals surface area contributed by atoms with Crippen molar-refractivity contribution in [1.29, 1.82) is 0 Å². The van der Waals surface area contributed by atoms with Crippen LogP contribution in [0.4, 0.5) is 22.1 Å². The van der Waals surface area contributed by atoms with Gasteiger partial charge < -0.3 is 14.1 Å². The Balaban J connectivity index is 1.62. The second-order valence-electron chi connectivity index (χ2n) is 9.58. The van der Waals surface area contributed by atoms with Crippen LogP contribution in [-0.2, 0) is 4.74 Å². The Morgan fingerprint density at radius 2 is 1.71 bits per heavy atom. The molecule has 0 atom stereocenters. The van der Waals surface area contributed by atoms with E-state index in [-0.39, 0.29) is 5.43 Å². The number of hydrogen-bond donors (Lipinski definition) is 0. The highest BCUT2D eigenvalue weighted by atomic mass is 32.2. The zero-order valence-corrected chi connectivity index (χ0v) is 20.5. The molecule has 0 unspecified atom stereocenters. The maximum Gasteiger partial charge on any atom is 0.419 e. The highest BCUT2D eigenvalue weighted by Gasteiger charge is 2.33. The SMILES string of the molecule is CC(C)(C)OC(=O)N1c2ccccc2Sc2c(-c3cc(=O)cc(N4CCCCC4)o3)cccc21. The number of fused-ring (bicyclic) bond motifs is 2. The van der Waals surface area contributed by atoms with Crippen molar-refractivity contribution in [2.24, 2.45) is 0 Å². The van der Waals surface area contributed by atoms with E-state index in [2.05, 4.69) is 4.90 Å². The van der Waals surface area contributed by atoms with Gasteiger partial charge in [0.05, 0.1) is 11.4 Å². The predicted molar refractivity (Wildman–Crippen MR) is 135 cm³/mol. The van der Waals surface area contributed by atoms with Gasteiger partial charge in [-0.1, -0.05) is 30.0 Å². The number of anilines is 3. The summed E-state index contributed by atoms with van der Waals surface area (Å²) in [6.45, 7) is 7.33. The Morgan fingerprint density at radius 1 is 0.971 bits per heavy atom. The Bertz CT molecular complexity index is 1290. The molecule has 0 radical (unpaired) electrons. The number of amides is 1. The van der Waals surface area contributed by atoms with E-state index in [9.17, 15) is 9.59 Å². The van der Waals surface area contributed by atoms with Crippen LogP contribution in [0.25, 0.3) is 11.3 Å². The van der Waals surface area contributed by atoms with E-state index in [4.69, 9.17) is 9.15 Å². The van der Waals surface area contributed by atoms with Crippen LogP contribution in [0.3, 0.4) is 0 Å². The van der Waals surface area contributed by atoms with Gasteiger partial charge in [-0.05, 0) is 64.3 Å². The van der Waals surface area contributed by atoms with Gasteiger partial charge in [-0.15, -0.1) is 0 Å². The Kier molecular flexibility index (Phi) is 5.90. The lowest BCUT2D eigenvalue weighted by Gasteiger charge is -2.33. The van der Waals surface area contributed by atoms with Gasteiger partial charge in [0, 0.05) is 40.6 Å². The molecule has 0 spiro atoms. The minimum Gasteiger partial charge on any atom is -0.443 e. The summed E-state index contributed by atoms with van der Waals surface area (Å²) in [6, 6.07) is 16.6. The van der Waals surface area contributed by atoms with Gasteiger partial charge >= 0.3 is 6.09 Å². The fraction of sp³-hybridized carbons (Fsp3) is 0.333. The molecule has 0 saturated carbocycles. The molecular weight excluding hydrogens is 448 g/mol. The number of para-hydroxylation sites is 1. The number of rotatable bonds is 2. The highest BCUT2D eigenvalue weighted by Crippen LogP contribution is 2.52. The molecule has 0 N–H and O–H groups in total. The Hall–Kier alpha value is -3.19. The van der Waals surface area contributed by atoms with Crippen molar-refractivity contribution in [3.63, 3.8) is 0 Å². The smallest absolute Gasteiger partial charge is 0.419 e. The van der Waals surface area contributed by atoms with Gasteiger partial charge in [0.25, 0.3) is 0 Å². The Labute approximate surface area is 203 Å². The fourth-order valence-corrected chi connectivity index (χ4v) is 5.51. The minimum absolute atomic E-state index is 0.0929. The van der Waals surface area contributed by atoms with Crippen LogP contribution >= 0.6 is 11.8 Å². The highest BCUT2D eigenvalue weighted by molar-refractivity contribution is 8.00. The van der Waals surface area contributed by atoms with Crippen LogP contribution in [0.15, 0.2) is 73.6 Å². The van der Waals surface area contributed by atoms with E-state index >= 15 is 0 Å². The maximum absolute atomic E-state index is 13.3. The second-order valence-corrected chi connectivity index (χ2v) is 10.6. The number of ether oxygens (including phenoxy) is 1. The van der Waals surface area contributed by atoms with Crippen molar-refractivity contribution < 1.29 is 13.9 Å². The first kappa shape index (κ1) is 22.6. The molecule has 0 aliphatic carbocycles. The summed E-state index contributed by atoms with van der Waals surface area (Å²) in [4.78, 5) is 31.5. The summed E-state index contributed by atoms with van der Waals surface area (Å²) >= 11 is 1.57. The van der Waals surface area contributed by atoms with Crippen molar-refractivity contribution in [2.75, 3.05) is 22.9 Å². The number of carbonyl (C=O) groups excluding carboxylic acids is 1. The molecule has 0 bridgehead atoms. The fourth-order valence-electron chi connectivity index (χ4n) is 4.34. The van der Waals surface area contributed by atoms with E-state index < -0.39 is 11.7 Å².